The third-order valence-electron chi connectivity index (χ3n) is 6.50. The van der Waals surface area contributed by atoms with Gasteiger partial charge >= 0.3 is 26.2 Å². The van der Waals surface area contributed by atoms with E-state index in [2.05, 4.69) is 155 Å². The molecule has 0 aromatic heterocycles. The summed E-state index contributed by atoms with van der Waals surface area (Å²) in [6.45, 7) is 10.9. The Morgan fingerprint density at radius 1 is 0.575 bits per heavy atom. The van der Waals surface area contributed by atoms with Crippen molar-refractivity contribution in [1.29, 1.82) is 0 Å². The largest absolute Gasteiger partial charge is 4.00 e. The van der Waals surface area contributed by atoms with Crippen molar-refractivity contribution in [2.45, 2.75) is 39.8 Å². The van der Waals surface area contributed by atoms with Gasteiger partial charge in [0, 0.05) is 9.52 Å². The van der Waals surface area contributed by atoms with Gasteiger partial charge in [-0.15, -0.1) is 69.1 Å². The third kappa shape index (κ3) is 8.89. The van der Waals surface area contributed by atoms with Gasteiger partial charge in [0.1, 0.15) is 0 Å². The number of rotatable bonds is 3. The van der Waals surface area contributed by atoms with Crippen molar-refractivity contribution >= 4 is 31.1 Å². The van der Waals surface area contributed by atoms with Crippen molar-refractivity contribution < 1.29 is 51.0 Å². The molecule has 6 aromatic carbocycles. The van der Waals surface area contributed by atoms with Crippen LogP contribution in [0.2, 0.25) is 13.1 Å². The summed E-state index contributed by atoms with van der Waals surface area (Å²) < 4.78 is 0. The second kappa shape index (κ2) is 17.6. The topological polar surface area (TPSA) is 0 Å². The van der Waals surface area contributed by atoms with E-state index in [1.165, 1.54) is 54.9 Å². The number of hydrogen-bond acceptors (Lipinski definition) is 0. The van der Waals surface area contributed by atoms with Gasteiger partial charge in [-0.2, -0.15) is 12.1 Å². The van der Waals surface area contributed by atoms with Gasteiger partial charge in [-0.3, -0.25) is 0 Å². The van der Waals surface area contributed by atoms with Crippen LogP contribution in [0.4, 0.5) is 0 Å². The summed E-state index contributed by atoms with van der Waals surface area (Å²) in [7, 11) is 1.08. The zero-order valence-corrected chi connectivity index (χ0v) is 28.9. The zero-order valence-electron chi connectivity index (χ0n) is 23.9. The van der Waals surface area contributed by atoms with Gasteiger partial charge in [-0.1, -0.05) is 118 Å². The first kappa shape index (κ1) is 35.8. The zero-order chi connectivity index (χ0) is 26.2. The molecule has 202 valence electrons. The molecule has 0 nitrogen and oxygen atoms in total. The molecule has 0 aliphatic rings. The van der Waals surface area contributed by atoms with Crippen LogP contribution in [0, 0.1) is 6.92 Å². The van der Waals surface area contributed by atoms with E-state index >= 15 is 0 Å². The summed E-state index contributed by atoms with van der Waals surface area (Å²) in [5.74, 6) is 0.584. The summed E-state index contributed by atoms with van der Waals surface area (Å²) >= 11 is 0. The Hall–Kier alpha value is -2.22. The van der Waals surface area contributed by atoms with Crippen LogP contribution in [0.5, 0.6) is 0 Å². The first-order valence-corrected chi connectivity index (χ1v) is 15.1. The minimum atomic E-state index is 0. The number of fused-ring (bicyclic) bond motifs is 2. The SMILES string of the molecule is CC(C)c1cc2c(-c3ccccc3)cccc2[cH-]1.C[Si]C.Cc1cc2c(-c3ccccc3)cccc2[cH-]1.[Cl-].[Cl-].[Zr+4]. The number of aryl methyl sites for hydroxylation is 1. The van der Waals surface area contributed by atoms with E-state index in [0.717, 1.165) is 9.52 Å². The molecule has 0 saturated heterocycles. The van der Waals surface area contributed by atoms with Crippen LogP contribution < -0.4 is 24.8 Å². The Morgan fingerprint density at radius 3 is 1.45 bits per heavy atom. The van der Waals surface area contributed by atoms with Gasteiger partial charge in [-0.05, 0) is 17.0 Å². The molecule has 0 atom stereocenters. The van der Waals surface area contributed by atoms with E-state index < -0.39 is 0 Å². The van der Waals surface area contributed by atoms with Crippen LogP contribution in [-0.4, -0.2) is 9.52 Å². The maximum Gasteiger partial charge on any atom is 4.00 e. The van der Waals surface area contributed by atoms with Crippen LogP contribution in [-0.2, 0) is 26.2 Å². The fraction of sp³-hybridized carbons (Fsp3) is 0.167. The molecule has 0 unspecified atom stereocenters. The molecule has 6 aromatic rings. The van der Waals surface area contributed by atoms with E-state index in [-0.39, 0.29) is 51.0 Å². The molecular weight excluding hydrogens is 623 g/mol. The molecule has 0 heterocycles. The monoisotopic (exact) mass is 656 g/mol. The molecule has 0 aliphatic carbocycles. The Kier molecular flexibility index (Phi) is 15.7. The predicted octanol–water partition coefficient (Wildman–Crippen LogP) is 4.68. The van der Waals surface area contributed by atoms with E-state index in [1.54, 1.807) is 0 Å². The van der Waals surface area contributed by atoms with E-state index in [4.69, 9.17) is 0 Å². The Balaban J connectivity index is 0.000000343. The molecule has 0 bridgehead atoms. The molecule has 0 N–H and O–H groups in total. The predicted molar refractivity (Wildman–Crippen MR) is 166 cm³/mol. The van der Waals surface area contributed by atoms with Crippen molar-refractivity contribution in [3.05, 3.63) is 132 Å². The van der Waals surface area contributed by atoms with Crippen LogP contribution in [0.3, 0.4) is 0 Å². The normalized spacial score (nSPS) is 9.85. The minimum absolute atomic E-state index is 0. The van der Waals surface area contributed by atoms with Gasteiger partial charge in [0.2, 0.25) is 0 Å². The summed E-state index contributed by atoms with van der Waals surface area (Å²) in [4.78, 5) is 0. The average Bonchev–Trinajstić information content (AvgIpc) is 3.53. The maximum atomic E-state index is 2.34. The number of benzene rings is 4. The van der Waals surface area contributed by atoms with Gasteiger partial charge in [-0.25, -0.2) is 0 Å². The number of hydrogen-bond donors (Lipinski definition) is 0. The van der Waals surface area contributed by atoms with Gasteiger partial charge < -0.3 is 24.8 Å². The van der Waals surface area contributed by atoms with Crippen molar-refractivity contribution in [2.24, 2.45) is 0 Å². The van der Waals surface area contributed by atoms with Crippen LogP contribution in [0.15, 0.2) is 121 Å². The Labute approximate surface area is 274 Å². The molecule has 4 heteroatoms. The summed E-state index contributed by atoms with van der Waals surface area (Å²) in [6.07, 6.45) is 0. The Bertz CT molecular complexity index is 1550. The third-order valence-corrected chi connectivity index (χ3v) is 6.50. The van der Waals surface area contributed by atoms with Crippen LogP contribution >= 0.6 is 0 Å². The maximum absolute atomic E-state index is 2.34. The number of halogens is 2. The summed E-state index contributed by atoms with van der Waals surface area (Å²) in [5.41, 5.74) is 8.00. The van der Waals surface area contributed by atoms with Crippen molar-refractivity contribution in [2.75, 3.05) is 0 Å². The van der Waals surface area contributed by atoms with Crippen LogP contribution in [0.25, 0.3) is 43.8 Å². The minimum Gasteiger partial charge on any atom is -1.00 e. The second-order valence-electron chi connectivity index (χ2n) is 9.83. The van der Waals surface area contributed by atoms with Crippen molar-refractivity contribution in [1.82, 2.24) is 0 Å². The molecular formula is C36H36Cl2SiZr. The second-order valence-corrected chi connectivity index (χ2v) is 10.8. The molecule has 0 spiro atoms. The van der Waals surface area contributed by atoms with Gasteiger partial charge in [0.15, 0.2) is 0 Å². The van der Waals surface area contributed by atoms with Crippen molar-refractivity contribution in [3.8, 4) is 22.3 Å². The van der Waals surface area contributed by atoms with Gasteiger partial charge in [0.25, 0.3) is 0 Å². The first-order valence-electron chi connectivity index (χ1n) is 13.1. The fourth-order valence-corrected chi connectivity index (χ4v) is 4.71. The molecule has 40 heavy (non-hydrogen) atoms. The smallest absolute Gasteiger partial charge is 1.00 e. The standard InChI is InChI=1S/C18H17.C16H13.C2H6Si.2ClH.Zr/c1-13(2)16-11-15-9-6-10-17(18(15)12-16)14-7-4-3-5-8-14;1-12-10-14-8-5-9-15(16(14)11-12)13-6-3-2-4-7-13;1-3-2;;;/h3-13H,1-2H3;2-11H,1H3;1-2H3;2*1H;/q2*-1;;;;+4/p-2. The Morgan fingerprint density at radius 2 is 1.00 bits per heavy atom. The van der Waals surface area contributed by atoms with Crippen molar-refractivity contribution in [3.63, 3.8) is 0 Å². The molecule has 0 aliphatic heterocycles. The molecule has 0 saturated carbocycles. The molecule has 6 rings (SSSR count). The van der Waals surface area contributed by atoms with E-state index in [0.29, 0.717) is 5.92 Å². The quantitative estimate of drug-likeness (QED) is 0.192. The molecule has 2 radical (unpaired) electrons. The molecule has 0 fully saturated rings. The fourth-order valence-electron chi connectivity index (χ4n) is 4.71. The first-order chi connectivity index (χ1) is 18.0. The summed E-state index contributed by atoms with van der Waals surface area (Å²) in [6, 6.07) is 43.4. The molecule has 0 amide bonds. The van der Waals surface area contributed by atoms with E-state index in [1.807, 2.05) is 0 Å². The van der Waals surface area contributed by atoms with Gasteiger partial charge in [0.05, 0.1) is 0 Å². The summed E-state index contributed by atoms with van der Waals surface area (Å²) in [5, 5.41) is 5.40. The van der Waals surface area contributed by atoms with Crippen LogP contribution in [0.1, 0.15) is 30.9 Å². The van der Waals surface area contributed by atoms with E-state index in [9.17, 15) is 0 Å². The average molecular weight is 659 g/mol.